The molecule has 1 rings (SSSR count). The van der Waals surface area contributed by atoms with Crippen LogP contribution < -0.4 is 0 Å². The van der Waals surface area contributed by atoms with Crippen molar-refractivity contribution < 1.29 is 10.2 Å². The van der Waals surface area contributed by atoms with E-state index in [0.29, 0.717) is 22.6 Å². The topological polar surface area (TPSA) is 40.5 Å². The van der Waals surface area contributed by atoms with Crippen LogP contribution in [0.15, 0.2) is 6.07 Å². The van der Waals surface area contributed by atoms with Crippen molar-refractivity contribution in [2.24, 2.45) is 0 Å². The van der Waals surface area contributed by atoms with E-state index in [1.807, 2.05) is 6.92 Å². The molecule has 0 aliphatic carbocycles. The van der Waals surface area contributed by atoms with Gasteiger partial charge in [-0.15, -0.1) is 0 Å². The van der Waals surface area contributed by atoms with Crippen molar-refractivity contribution in [3.8, 4) is 5.75 Å². The first-order valence-corrected chi connectivity index (χ1v) is 5.03. The van der Waals surface area contributed by atoms with Gasteiger partial charge in [-0.3, -0.25) is 0 Å². The van der Waals surface area contributed by atoms with Gasteiger partial charge in [0.25, 0.3) is 0 Å². The number of hydrogen-bond acceptors (Lipinski definition) is 2. The fraction of sp³-hybridized carbons (Fsp3) is 0.455. The first-order chi connectivity index (χ1) is 6.49. The average molecular weight is 215 g/mol. The standard InChI is InChI=1S/C11H15ClO2/c1-4-9(13)10-7(3)8(12)5-6(2)11(10)14/h5,9,13-14H,4H2,1-3H3. The lowest BCUT2D eigenvalue weighted by atomic mass is 9.97. The van der Waals surface area contributed by atoms with Gasteiger partial charge in [-0.25, -0.2) is 0 Å². The molecule has 1 atom stereocenters. The van der Waals surface area contributed by atoms with Gasteiger partial charge >= 0.3 is 0 Å². The van der Waals surface area contributed by atoms with Crippen molar-refractivity contribution in [3.05, 3.63) is 27.8 Å². The zero-order valence-corrected chi connectivity index (χ0v) is 9.39. The molecule has 78 valence electrons. The summed E-state index contributed by atoms with van der Waals surface area (Å²) in [6.07, 6.45) is -0.0823. The molecule has 0 aromatic heterocycles. The third kappa shape index (κ3) is 1.86. The van der Waals surface area contributed by atoms with Crippen molar-refractivity contribution in [2.75, 3.05) is 0 Å². The number of benzene rings is 1. The predicted molar refractivity (Wildman–Crippen MR) is 57.8 cm³/mol. The fourth-order valence-corrected chi connectivity index (χ4v) is 1.76. The summed E-state index contributed by atoms with van der Waals surface area (Å²) in [5.74, 6) is 0.154. The van der Waals surface area contributed by atoms with Crippen LogP contribution in [0.2, 0.25) is 5.02 Å². The Morgan fingerprint density at radius 2 is 2.00 bits per heavy atom. The Labute approximate surface area is 89.1 Å². The third-order valence-electron chi connectivity index (χ3n) is 2.45. The Kier molecular flexibility index (Phi) is 3.40. The normalized spacial score (nSPS) is 12.9. The molecule has 0 spiro atoms. The van der Waals surface area contributed by atoms with E-state index in [-0.39, 0.29) is 5.75 Å². The average Bonchev–Trinajstić information content (AvgIpc) is 2.15. The Morgan fingerprint density at radius 1 is 1.43 bits per heavy atom. The molecule has 0 saturated heterocycles. The van der Waals surface area contributed by atoms with Gasteiger partial charge in [0.15, 0.2) is 0 Å². The highest BCUT2D eigenvalue weighted by Crippen LogP contribution is 2.36. The number of halogens is 1. The van der Waals surface area contributed by atoms with Crippen LogP contribution in [0.1, 0.15) is 36.1 Å². The highest BCUT2D eigenvalue weighted by atomic mass is 35.5. The maximum absolute atomic E-state index is 9.79. The van der Waals surface area contributed by atoms with Crippen molar-refractivity contribution in [1.82, 2.24) is 0 Å². The highest BCUT2D eigenvalue weighted by Gasteiger charge is 2.17. The summed E-state index contributed by atoms with van der Waals surface area (Å²) >= 11 is 5.97. The van der Waals surface area contributed by atoms with Crippen LogP contribution in [0.3, 0.4) is 0 Å². The first kappa shape index (κ1) is 11.3. The minimum atomic E-state index is -0.646. The second-order valence-corrected chi connectivity index (χ2v) is 3.89. The maximum Gasteiger partial charge on any atom is 0.124 e. The molecule has 0 saturated carbocycles. The minimum Gasteiger partial charge on any atom is -0.507 e. The minimum absolute atomic E-state index is 0.154. The number of phenols is 1. The van der Waals surface area contributed by atoms with Gasteiger partial charge < -0.3 is 10.2 Å². The summed E-state index contributed by atoms with van der Waals surface area (Å²) < 4.78 is 0. The summed E-state index contributed by atoms with van der Waals surface area (Å²) in [6.45, 7) is 5.43. The molecule has 0 heterocycles. The highest BCUT2D eigenvalue weighted by molar-refractivity contribution is 6.31. The van der Waals surface area contributed by atoms with E-state index in [1.54, 1.807) is 19.9 Å². The molecule has 0 radical (unpaired) electrons. The molecule has 1 unspecified atom stereocenters. The third-order valence-corrected chi connectivity index (χ3v) is 2.85. The molecule has 0 amide bonds. The SMILES string of the molecule is CCC(O)c1c(C)c(Cl)cc(C)c1O. The van der Waals surface area contributed by atoms with E-state index in [9.17, 15) is 10.2 Å². The van der Waals surface area contributed by atoms with Crippen LogP contribution in [0, 0.1) is 13.8 Å². The Bertz CT molecular complexity index is 321. The number of aromatic hydroxyl groups is 1. The molecule has 2 nitrogen and oxygen atoms in total. The molecule has 3 heteroatoms. The molecule has 14 heavy (non-hydrogen) atoms. The maximum atomic E-state index is 9.79. The van der Waals surface area contributed by atoms with Gasteiger partial charge in [0.1, 0.15) is 5.75 Å². The summed E-state index contributed by atoms with van der Waals surface area (Å²) in [7, 11) is 0. The van der Waals surface area contributed by atoms with Crippen molar-refractivity contribution in [3.63, 3.8) is 0 Å². The van der Waals surface area contributed by atoms with Gasteiger partial charge in [-0.2, -0.15) is 0 Å². The van der Waals surface area contributed by atoms with Crippen LogP contribution >= 0.6 is 11.6 Å². The molecule has 1 aromatic carbocycles. The molecular formula is C11H15ClO2. The second-order valence-electron chi connectivity index (χ2n) is 3.49. The second kappa shape index (κ2) is 4.20. The van der Waals surface area contributed by atoms with Gasteiger partial charge in [-0.1, -0.05) is 18.5 Å². The zero-order valence-electron chi connectivity index (χ0n) is 8.63. The molecule has 2 N–H and O–H groups in total. The number of aryl methyl sites for hydroxylation is 1. The lowest BCUT2D eigenvalue weighted by Crippen LogP contribution is -2.00. The molecular weight excluding hydrogens is 200 g/mol. The number of hydrogen-bond donors (Lipinski definition) is 2. The lowest BCUT2D eigenvalue weighted by Gasteiger charge is -2.16. The van der Waals surface area contributed by atoms with Crippen molar-refractivity contribution in [2.45, 2.75) is 33.3 Å². The molecule has 0 aliphatic rings. The van der Waals surface area contributed by atoms with E-state index in [0.717, 1.165) is 5.56 Å². The van der Waals surface area contributed by atoms with Crippen LogP contribution in [-0.2, 0) is 0 Å². The van der Waals surface area contributed by atoms with E-state index in [4.69, 9.17) is 11.6 Å². The Morgan fingerprint density at radius 3 is 2.50 bits per heavy atom. The van der Waals surface area contributed by atoms with Crippen LogP contribution in [0.25, 0.3) is 0 Å². The smallest absolute Gasteiger partial charge is 0.124 e. The Hall–Kier alpha value is -0.730. The quantitative estimate of drug-likeness (QED) is 0.794. The summed E-state index contributed by atoms with van der Waals surface area (Å²) in [6, 6.07) is 1.71. The lowest BCUT2D eigenvalue weighted by molar-refractivity contribution is 0.169. The number of aliphatic hydroxyl groups is 1. The van der Waals surface area contributed by atoms with Gasteiger partial charge in [0.2, 0.25) is 0 Å². The molecule has 0 bridgehead atoms. The predicted octanol–water partition coefficient (Wildman–Crippen LogP) is 3.11. The van der Waals surface area contributed by atoms with Crippen molar-refractivity contribution >= 4 is 11.6 Å². The monoisotopic (exact) mass is 214 g/mol. The van der Waals surface area contributed by atoms with Gasteiger partial charge in [-0.05, 0) is 37.5 Å². The van der Waals surface area contributed by atoms with E-state index >= 15 is 0 Å². The number of rotatable bonds is 2. The molecule has 1 aromatic rings. The summed E-state index contributed by atoms with van der Waals surface area (Å²) in [5.41, 5.74) is 2.00. The largest absolute Gasteiger partial charge is 0.507 e. The van der Waals surface area contributed by atoms with E-state index in [2.05, 4.69) is 0 Å². The van der Waals surface area contributed by atoms with Gasteiger partial charge in [0, 0.05) is 10.6 Å². The zero-order chi connectivity index (χ0) is 10.9. The summed E-state index contributed by atoms with van der Waals surface area (Å²) in [4.78, 5) is 0. The summed E-state index contributed by atoms with van der Waals surface area (Å²) in [5, 5.41) is 20.1. The van der Waals surface area contributed by atoms with Crippen LogP contribution in [0.5, 0.6) is 5.75 Å². The van der Waals surface area contributed by atoms with Crippen LogP contribution in [0.4, 0.5) is 0 Å². The van der Waals surface area contributed by atoms with Crippen molar-refractivity contribution in [1.29, 1.82) is 0 Å². The first-order valence-electron chi connectivity index (χ1n) is 4.65. The fourth-order valence-electron chi connectivity index (χ4n) is 1.50. The van der Waals surface area contributed by atoms with Gasteiger partial charge in [0.05, 0.1) is 6.10 Å². The molecule has 0 fully saturated rings. The molecule has 0 aliphatic heterocycles. The van der Waals surface area contributed by atoms with E-state index < -0.39 is 6.10 Å². The number of phenolic OH excluding ortho intramolecular Hbond substituents is 1. The van der Waals surface area contributed by atoms with E-state index in [1.165, 1.54) is 0 Å². The number of aliphatic hydroxyl groups excluding tert-OH is 1. The van der Waals surface area contributed by atoms with Crippen LogP contribution in [-0.4, -0.2) is 10.2 Å². The Balaban J connectivity index is 3.39.